The maximum Gasteiger partial charge on any atom is 0.256 e. The second-order valence-electron chi connectivity index (χ2n) is 4.42. The van der Waals surface area contributed by atoms with Crippen molar-refractivity contribution in [3.63, 3.8) is 0 Å². The predicted octanol–water partition coefficient (Wildman–Crippen LogP) is 3.10. The molecule has 1 aromatic rings. The highest BCUT2D eigenvalue weighted by molar-refractivity contribution is 9.12. The number of piperazine rings is 1. The molecule has 0 radical (unpaired) electrons. The molecule has 1 aliphatic rings. The molecule has 2 rings (SSSR count). The molecule has 0 bridgehead atoms. The number of carbonyl (C=O) groups excluding carboxylic acids is 1. The van der Waals surface area contributed by atoms with E-state index in [9.17, 15) is 4.79 Å². The summed E-state index contributed by atoms with van der Waals surface area (Å²) in [5.74, 6) is 0.110. The lowest BCUT2D eigenvalue weighted by atomic mass is 10.1. The van der Waals surface area contributed by atoms with Crippen molar-refractivity contribution in [1.29, 1.82) is 0 Å². The van der Waals surface area contributed by atoms with Gasteiger partial charge in [0.25, 0.3) is 5.91 Å². The molecule has 6 heteroatoms. The first kappa shape index (κ1) is 13.5. The molecule has 2 heterocycles. The van der Waals surface area contributed by atoms with Gasteiger partial charge in [0.05, 0.1) is 13.1 Å². The van der Waals surface area contributed by atoms with Crippen molar-refractivity contribution in [2.75, 3.05) is 13.1 Å². The van der Waals surface area contributed by atoms with Crippen molar-refractivity contribution in [2.45, 2.75) is 25.9 Å². The van der Waals surface area contributed by atoms with Crippen LogP contribution >= 0.6 is 43.2 Å². The van der Waals surface area contributed by atoms with Gasteiger partial charge in [-0.25, -0.2) is 0 Å². The van der Waals surface area contributed by atoms with Crippen LogP contribution < -0.4 is 5.32 Å². The maximum atomic E-state index is 12.4. The summed E-state index contributed by atoms with van der Waals surface area (Å²) < 4.78 is 1.87. The van der Waals surface area contributed by atoms with E-state index in [1.54, 1.807) is 0 Å². The Bertz CT molecular complexity index is 425. The van der Waals surface area contributed by atoms with Crippen molar-refractivity contribution in [1.82, 2.24) is 10.2 Å². The molecule has 1 amide bonds. The third-order valence-electron chi connectivity index (χ3n) is 2.73. The second-order valence-corrected chi connectivity index (χ2v) is 8.17. The van der Waals surface area contributed by atoms with Gasteiger partial charge in [-0.1, -0.05) is 0 Å². The number of hydrogen-bond acceptors (Lipinski definition) is 3. The van der Waals surface area contributed by atoms with Gasteiger partial charge in [-0.05, 0) is 51.8 Å². The molecular weight excluding hydrogens is 368 g/mol. The summed E-state index contributed by atoms with van der Waals surface area (Å²) in [5, 5.41) is 3.42. The topological polar surface area (TPSA) is 32.3 Å². The third-order valence-corrected chi connectivity index (χ3v) is 5.07. The largest absolute Gasteiger partial charge is 0.335 e. The number of halogens is 2. The molecule has 1 fully saturated rings. The fraction of sp³-hybridized carbons (Fsp3) is 0.545. The number of carbonyl (C=O) groups is 1. The molecule has 3 nitrogen and oxygen atoms in total. The van der Waals surface area contributed by atoms with E-state index >= 15 is 0 Å². The maximum absolute atomic E-state index is 12.4. The summed E-state index contributed by atoms with van der Waals surface area (Å²) in [5.41, 5.74) is 0.753. The molecule has 0 aliphatic carbocycles. The molecule has 2 atom stereocenters. The number of nitrogens with one attached hydrogen (secondary N) is 1. The van der Waals surface area contributed by atoms with Crippen LogP contribution in [0.5, 0.6) is 0 Å². The van der Waals surface area contributed by atoms with Gasteiger partial charge >= 0.3 is 0 Å². The van der Waals surface area contributed by atoms with Crippen LogP contribution in [0.4, 0.5) is 0 Å². The Morgan fingerprint density at radius 3 is 2.47 bits per heavy atom. The summed E-state index contributed by atoms with van der Waals surface area (Å²) in [6, 6.07) is 2.58. The zero-order chi connectivity index (χ0) is 12.6. The molecule has 1 aromatic heterocycles. The van der Waals surface area contributed by atoms with E-state index in [2.05, 4.69) is 51.0 Å². The number of rotatable bonds is 1. The SMILES string of the molecule is CC1CN(C(=O)c2cc(Br)sc2Br)CC(C)N1. The van der Waals surface area contributed by atoms with Gasteiger partial charge in [-0.2, -0.15) is 0 Å². The molecule has 0 spiro atoms. The minimum Gasteiger partial charge on any atom is -0.335 e. The van der Waals surface area contributed by atoms with E-state index in [0.29, 0.717) is 12.1 Å². The molecular formula is C11H14Br2N2OS. The van der Waals surface area contributed by atoms with Crippen LogP contribution in [-0.2, 0) is 0 Å². The number of hydrogen-bond donors (Lipinski definition) is 1. The summed E-state index contributed by atoms with van der Waals surface area (Å²) >= 11 is 8.38. The summed E-state index contributed by atoms with van der Waals surface area (Å²) in [7, 11) is 0. The average Bonchev–Trinajstić information content (AvgIpc) is 2.55. The van der Waals surface area contributed by atoms with Crippen molar-refractivity contribution in [2.24, 2.45) is 0 Å². The highest BCUT2D eigenvalue weighted by Crippen LogP contribution is 2.32. The van der Waals surface area contributed by atoms with E-state index in [1.165, 1.54) is 11.3 Å². The van der Waals surface area contributed by atoms with Crippen LogP contribution in [0.2, 0.25) is 0 Å². The van der Waals surface area contributed by atoms with E-state index in [-0.39, 0.29) is 5.91 Å². The van der Waals surface area contributed by atoms with Crippen molar-refractivity contribution >= 4 is 49.1 Å². The lowest BCUT2D eigenvalue weighted by molar-refractivity contribution is 0.0673. The Morgan fingerprint density at radius 1 is 1.41 bits per heavy atom. The molecule has 1 aliphatic heterocycles. The number of thiophene rings is 1. The van der Waals surface area contributed by atoms with Crippen LogP contribution in [0.25, 0.3) is 0 Å². The van der Waals surface area contributed by atoms with Crippen molar-refractivity contribution in [3.8, 4) is 0 Å². The fourth-order valence-electron chi connectivity index (χ4n) is 2.15. The molecule has 17 heavy (non-hydrogen) atoms. The normalized spacial score (nSPS) is 25.1. The summed E-state index contributed by atoms with van der Waals surface area (Å²) in [4.78, 5) is 14.3. The smallest absolute Gasteiger partial charge is 0.256 e. The zero-order valence-corrected chi connectivity index (χ0v) is 13.7. The van der Waals surface area contributed by atoms with Gasteiger partial charge in [-0.3, -0.25) is 4.79 Å². The van der Waals surface area contributed by atoms with Crippen LogP contribution in [0.3, 0.4) is 0 Å². The third kappa shape index (κ3) is 3.10. The first-order valence-electron chi connectivity index (χ1n) is 5.47. The van der Waals surface area contributed by atoms with Crippen LogP contribution in [-0.4, -0.2) is 36.0 Å². The first-order valence-corrected chi connectivity index (χ1v) is 7.87. The van der Waals surface area contributed by atoms with Gasteiger partial charge in [0.1, 0.15) is 0 Å². The summed E-state index contributed by atoms with van der Waals surface area (Å²) in [6.45, 7) is 5.75. The zero-order valence-electron chi connectivity index (χ0n) is 9.67. The van der Waals surface area contributed by atoms with Crippen molar-refractivity contribution < 1.29 is 4.79 Å². The Morgan fingerprint density at radius 2 is 2.00 bits per heavy atom. The van der Waals surface area contributed by atoms with Crippen molar-refractivity contribution in [3.05, 3.63) is 19.2 Å². The predicted molar refractivity (Wildman–Crippen MR) is 77.7 cm³/mol. The van der Waals surface area contributed by atoms with Gasteiger partial charge in [0, 0.05) is 25.2 Å². The molecule has 1 saturated heterocycles. The lowest BCUT2D eigenvalue weighted by Crippen LogP contribution is -2.55. The molecule has 1 N–H and O–H groups in total. The van der Waals surface area contributed by atoms with E-state index < -0.39 is 0 Å². The van der Waals surface area contributed by atoms with Crippen LogP contribution in [0, 0.1) is 0 Å². The highest BCUT2D eigenvalue weighted by Gasteiger charge is 2.27. The minimum absolute atomic E-state index is 0.110. The van der Waals surface area contributed by atoms with E-state index in [0.717, 1.165) is 26.2 Å². The fourth-order valence-corrected chi connectivity index (χ4v) is 4.93. The Balaban J connectivity index is 2.17. The molecule has 0 aromatic carbocycles. The van der Waals surface area contributed by atoms with Gasteiger partial charge < -0.3 is 10.2 Å². The molecule has 94 valence electrons. The van der Waals surface area contributed by atoms with E-state index in [4.69, 9.17) is 0 Å². The van der Waals surface area contributed by atoms with E-state index in [1.807, 2.05) is 11.0 Å². The lowest BCUT2D eigenvalue weighted by Gasteiger charge is -2.36. The quantitative estimate of drug-likeness (QED) is 0.810. The summed E-state index contributed by atoms with van der Waals surface area (Å²) in [6.07, 6.45) is 0. The molecule has 0 saturated carbocycles. The van der Waals surface area contributed by atoms with Gasteiger partial charge in [-0.15, -0.1) is 11.3 Å². The average molecular weight is 382 g/mol. The second kappa shape index (κ2) is 5.38. The Kier molecular flexibility index (Phi) is 4.28. The standard InChI is InChI=1S/C11H14Br2N2OS/c1-6-4-15(5-7(2)14-6)11(16)8-3-9(12)17-10(8)13/h3,6-7,14H,4-5H2,1-2H3. The number of nitrogens with zero attached hydrogens (tertiary/aromatic N) is 1. The number of amides is 1. The van der Waals surface area contributed by atoms with Crippen LogP contribution in [0.1, 0.15) is 24.2 Å². The van der Waals surface area contributed by atoms with Crippen LogP contribution in [0.15, 0.2) is 13.6 Å². The molecule has 2 unspecified atom stereocenters. The monoisotopic (exact) mass is 380 g/mol. The Hall–Kier alpha value is 0.0900. The highest BCUT2D eigenvalue weighted by atomic mass is 79.9. The van der Waals surface area contributed by atoms with Gasteiger partial charge in [0.2, 0.25) is 0 Å². The van der Waals surface area contributed by atoms with Gasteiger partial charge in [0.15, 0.2) is 0 Å². The minimum atomic E-state index is 0.110. The first-order chi connectivity index (χ1) is 7.97. The Labute approximate surface area is 122 Å².